The van der Waals surface area contributed by atoms with Crippen LogP contribution in [-0.2, 0) is 16.1 Å². The summed E-state index contributed by atoms with van der Waals surface area (Å²) in [6, 6.07) is 4.16. The zero-order valence-corrected chi connectivity index (χ0v) is 12.2. The maximum absolute atomic E-state index is 12.3. The summed E-state index contributed by atoms with van der Waals surface area (Å²) in [5.74, 6) is -0.155. The summed E-state index contributed by atoms with van der Waals surface area (Å²) in [5.41, 5.74) is 0.774. The van der Waals surface area contributed by atoms with Gasteiger partial charge in [-0.05, 0) is 31.5 Å². The molecule has 0 amide bonds. The van der Waals surface area contributed by atoms with Crippen LogP contribution in [0.15, 0.2) is 18.2 Å². The first kappa shape index (κ1) is 17.2. The molecule has 1 rings (SSSR count). The highest BCUT2D eigenvalue weighted by Crippen LogP contribution is 2.29. The van der Waals surface area contributed by atoms with Gasteiger partial charge in [0.2, 0.25) is 0 Å². The molecular formula is C14H19F2NO4. The van der Waals surface area contributed by atoms with Gasteiger partial charge in [-0.15, -0.1) is 0 Å². The molecule has 0 aliphatic heterocycles. The fourth-order valence-electron chi connectivity index (χ4n) is 1.66. The lowest BCUT2D eigenvalue weighted by Gasteiger charge is -2.14. The Labute approximate surface area is 122 Å². The lowest BCUT2D eigenvalue weighted by atomic mass is 10.2. The van der Waals surface area contributed by atoms with Crippen molar-refractivity contribution >= 4 is 5.97 Å². The molecule has 21 heavy (non-hydrogen) atoms. The van der Waals surface area contributed by atoms with Crippen molar-refractivity contribution in [1.82, 2.24) is 5.32 Å². The van der Waals surface area contributed by atoms with Gasteiger partial charge < -0.3 is 19.5 Å². The minimum Gasteiger partial charge on any atom is -0.490 e. The average Bonchev–Trinajstić information content (AvgIpc) is 2.46. The minimum atomic E-state index is -2.91. The van der Waals surface area contributed by atoms with Gasteiger partial charge in [-0.1, -0.05) is 6.07 Å². The number of ether oxygens (including phenoxy) is 3. The molecule has 1 unspecified atom stereocenters. The molecule has 5 nitrogen and oxygen atoms in total. The summed E-state index contributed by atoms with van der Waals surface area (Å²) in [6.45, 7) is 1.20. The number of hydrogen-bond acceptors (Lipinski definition) is 5. The molecule has 7 heteroatoms. The number of methoxy groups -OCH3 is 1. The molecule has 0 fully saturated rings. The lowest BCUT2D eigenvalue weighted by molar-refractivity contribution is -0.142. The topological polar surface area (TPSA) is 56.8 Å². The Morgan fingerprint density at radius 1 is 1.33 bits per heavy atom. The van der Waals surface area contributed by atoms with Gasteiger partial charge in [0, 0.05) is 6.54 Å². The zero-order valence-electron chi connectivity index (χ0n) is 12.2. The number of carbonyl (C=O) groups is 1. The second kappa shape index (κ2) is 8.41. The predicted octanol–water partition coefficient (Wildman–Crippen LogP) is 2.34. The number of hydrogen-bond donors (Lipinski definition) is 1. The van der Waals surface area contributed by atoms with Crippen molar-refractivity contribution < 1.29 is 27.8 Å². The van der Waals surface area contributed by atoms with E-state index in [1.165, 1.54) is 13.2 Å². The van der Waals surface area contributed by atoms with Crippen LogP contribution in [-0.4, -0.2) is 32.3 Å². The molecule has 0 aromatic heterocycles. The summed E-state index contributed by atoms with van der Waals surface area (Å²) in [4.78, 5) is 11.3. The highest BCUT2D eigenvalue weighted by Gasteiger charge is 2.14. The second-order valence-electron chi connectivity index (χ2n) is 4.22. The highest BCUT2D eigenvalue weighted by atomic mass is 19.3. The van der Waals surface area contributed by atoms with Gasteiger partial charge in [0.15, 0.2) is 11.5 Å². The highest BCUT2D eigenvalue weighted by molar-refractivity contribution is 5.75. The van der Waals surface area contributed by atoms with Crippen LogP contribution in [0.3, 0.4) is 0 Å². The number of carbonyl (C=O) groups excluding carboxylic acids is 1. The molecule has 0 heterocycles. The molecule has 0 aliphatic rings. The SMILES string of the molecule is CCOc1cc(CNC(C)C(=O)OC)ccc1OC(F)F. The molecule has 0 saturated heterocycles. The molecule has 1 aromatic carbocycles. The Kier molecular flexibility index (Phi) is 6.87. The van der Waals surface area contributed by atoms with Crippen molar-refractivity contribution in [3.05, 3.63) is 23.8 Å². The smallest absolute Gasteiger partial charge is 0.387 e. The second-order valence-corrected chi connectivity index (χ2v) is 4.22. The van der Waals surface area contributed by atoms with Crippen LogP contribution < -0.4 is 14.8 Å². The Balaban J connectivity index is 2.75. The summed E-state index contributed by atoms with van der Waals surface area (Å²) in [6.07, 6.45) is 0. The van der Waals surface area contributed by atoms with Crippen molar-refractivity contribution in [2.24, 2.45) is 0 Å². The maximum Gasteiger partial charge on any atom is 0.387 e. The molecule has 0 saturated carbocycles. The van der Waals surface area contributed by atoms with E-state index < -0.39 is 12.7 Å². The molecular weight excluding hydrogens is 284 g/mol. The van der Waals surface area contributed by atoms with Crippen LogP contribution >= 0.6 is 0 Å². The van der Waals surface area contributed by atoms with Crippen molar-refractivity contribution in [3.63, 3.8) is 0 Å². The van der Waals surface area contributed by atoms with E-state index in [1.807, 2.05) is 0 Å². The van der Waals surface area contributed by atoms with Gasteiger partial charge in [-0.2, -0.15) is 8.78 Å². The molecule has 1 atom stereocenters. The molecule has 0 radical (unpaired) electrons. The summed E-state index contributed by atoms with van der Waals surface area (Å²) in [7, 11) is 1.31. The van der Waals surface area contributed by atoms with E-state index in [9.17, 15) is 13.6 Å². The summed E-state index contributed by atoms with van der Waals surface area (Å²) in [5, 5.41) is 2.96. The normalized spacial score (nSPS) is 12.1. The van der Waals surface area contributed by atoms with Crippen molar-refractivity contribution in [2.45, 2.75) is 33.0 Å². The fraction of sp³-hybridized carbons (Fsp3) is 0.500. The largest absolute Gasteiger partial charge is 0.490 e. The van der Waals surface area contributed by atoms with Gasteiger partial charge in [0.1, 0.15) is 6.04 Å². The molecule has 1 N–H and O–H groups in total. The Morgan fingerprint density at radius 2 is 2.05 bits per heavy atom. The summed E-state index contributed by atoms with van der Waals surface area (Å²) < 4.78 is 38.8. The van der Waals surface area contributed by atoms with Crippen LogP contribution in [0.2, 0.25) is 0 Å². The van der Waals surface area contributed by atoms with Gasteiger partial charge in [-0.25, -0.2) is 0 Å². The van der Waals surface area contributed by atoms with Crippen molar-refractivity contribution in [1.29, 1.82) is 0 Å². The van der Waals surface area contributed by atoms with Crippen LogP contribution in [0.1, 0.15) is 19.4 Å². The Hall–Kier alpha value is -1.89. The van der Waals surface area contributed by atoms with Crippen molar-refractivity contribution in [3.8, 4) is 11.5 Å². The van der Waals surface area contributed by atoms with Crippen LogP contribution in [0.4, 0.5) is 8.78 Å². The van der Waals surface area contributed by atoms with E-state index in [0.29, 0.717) is 13.2 Å². The first-order valence-electron chi connectivity index (χ1n) is 6.49. The monoisotopic (exact) mass is 303 g/mol. The van der Waals surface area contributed by atoms with E-state index in [2.05, 4.69) is 14.8 Å². The van der Waals surface area contributed by atoms with E-state index in [0.717, 1.165) is 5.56 Å². The molecule has 1 aromatic rings. The van der Waals surface area contributed by atoms with Gasteiger partial charge in [-0.3, -0.25) is 4.79 Å². The fourth-order valence-corrected chi connectivity index (χ4v) is 1.66. The summed E-state index contributed by atoms with van der Waals surface area (Å²) >= 11 is 0. The van der Waals surface area contributed by atoms with Crippen LogP contribution in [0, 0.1) is 0 Å². The molecule has 0 aliphatic carbocycles. The maximum atomic E-state index is 12.3. The van der Waals surface area contributed by atoms with E-state index >= 15 is 0 Å². The number of alkyl halides is 2. The third-order valence-corrected chi connectivity index (χ3v) is 2.69. The first-order chi connectivity index (χ1) is 9.97. The minimum absolute atomic E-state index is 0.0170. The third kappa shape index (κ3) is 5.55. The lowest BCUT2D eigenvalue weighted by Crippen LogP contribution is -2.34. The molecule has 0 spiro atoms. The van der Waals surface area contributed by atoms with Gasteiger partial charge >= 0.3 is 12.6 Å². The number of benzene rings is 1. The van der Waals surface area contributed by atoms with Gasteiger partial charge in [0.05, 0.1) is 13.7 Å². The van der Waals surface area contributed by atoms with Crippen LogP contribution in [0.25, 0.3) is 0 Å². The van der Waals surface area contributed by atoms with E-state index in [-0.39, 0.29) is 17.5 Å². The standard InChI is InChI=1S/C14H19F2NO4/c1-4-20-12-7-10(5-6-11(12)21-14(15)16)8-17-9(2)13(18)19-3/h5-7,9,14,17H,4,8H2,1-3H3. The number of esters is 1. The van der Waals surface area contributed by atoms with Gasteiger partial charge in [0.25, 0.3) is 0 Å². The van der Waals surface area contributed by atoms with Crippen LogP contribution in [0.5, 0.6) is 11.5 Å². The third-order valence-electron chi connectivity index (χ3n) is 2.69. The number of rotatable bonds is 8. The average molecular weight is 303 g/mol. The molecule has 0 bridgehead atoms. The predicted molar refractivity (Wildman–Crippen MR) is 72.6 cm³/mol. The number of nitrogens with one attached hydrogen (secondary N) is 1. The Bertz CT molecular complexity index is 468. The van der Waals surface area contributed by atoms with Crippen molar-refractivity contribution in [2.75, 3.05) is 13.7 Å². The Morgan fingerprint density at radius 3 is 2.62 bits per heavy atom. The quantitative estimate of drug-likeness (QED) is 0.747. The molecule has 118 valence electrons. The van der Waals surface area contributed by atoms with E-state index in [4.69, 9.17) is 4.74 Å². The number of halogens is 2. The first-order valence-corrected chi connectivity index (χ1v) is 6.49. The van der Waals surface area contributed by atoms with E-state index in [1.54, 1.807) is 26.0 Å². The zero-order chi connectivity index (χ0) is 15.8.